The van der Waals surface area contributed by atoms with Gasteiger partial charge in [0.1, 0.15) is 6.04 Å². The zero-order valence-corrected chi connectivity index (χ0v) is 12.3. The minimum atomic E-state index is -0.815. The van der Waals surface area contributed by atoms with Crippen molar-refractivity contribution in [1.82, 2.24) is 14.9 Å². The lowest BCUT2D eigenvalue weighted by atomic mass is 10.1. The number of imidazole rings is 1. The third-order valence-corrected chi connectivity index (χ3v) is 4.32. The van der Waals surface area contributed by atoms with Crippen molar-refractivity contribution in [3.8, 4) is 0 Å². The summed E-state index contributed by atoms with van der Waals surface area (Å²) in [5.74, 6) is -0.815. The Balaban J connectivity index is 1.88. The fourth-order valence-corrected chi connectivity index (χ4v) is 2.85. The molecule has 1 aliphatic heterocycles. The third kappa shape index (κ3) is 2.48. The van der Waals surface area contributed by atoms with Crippen molar-refractivity contribution < 1.29 is 9.90 Å². The quantitative estimate of drug-likeness (QED) is 0.897. The van der Waals surface area contributed by atoms with Crippen molar-refractivity contribution in [2.75, 3.05) is 0 Å². The maximum absolute atomic E-state index is 11.1. The van der Waals surface area contributed by atoms with E-state index in [0.29, 0.717) is 19.5 Å². The van der Waals surface area contributed by atoms with Crippen LogP contribution in [-0.2, 0) is 24.3 Å². The van der Waals surface area contributed by atoms with Crippen molar-refractivity contribution >= 4 is 21.9 Å². The van der Waals surface area contributed by atoms with E-state index >= 15 is 0 Å². The van der Waals surface area contributed by atoms with Crippen molar-refractivity contribution in [1.29, 1.82) is 0 Å². The molecule has 1 aromatic carbocycles. The van der Waals surface area contributed by atoms with Crippen LogP contribution in [0.4, 0.5) is 0 Å². The number of carboxylic acid groups (broad SMARTS) is 1. The van der Waals surface area contributed by atoms with Gasteiger partial charge >= 0.3 is 5.97 Å². The predicted octanol–water partition coefficient (Wildman–Crippen LogP) is 1.79. The molecule has 0 aliphatic carbocycles. The molecule has 6 heteroatoms. The maximum Gasteiger partial charge on any atom is 0.321 e. The van der Waals surface area contributed by atoms with Crippen LogP contribution in [0.2, 0.25) is 0 Å². The topological polar surface area (TPSA) is 67.1 Å². The number of benzene rings is 1. The van der Waals surface area contributed by atoms with Gasteiger partial charge in [-0.25, -0.2) is 4.98 Å². The van der Waals surface area contributed by atoms with E-state index in [1.807, 2.05) is 28.8 Å². The fraction of sp³-hybridized carbons (Fsp3) is 0.286. The van der Waals surface area contributed by atoms with Gasteiger partial charge in [0.2, 0.25) is 0 Å². The number of hydrogen-bond donors (Lipinski definition) is 2. The van der Waals surface area contributed by atoms with Gasteiger partial charge in [0, 0.05) is 29.7 Å². The van der Waals surface area contributed by atoms with Crippen LogP contribution >= 0.6 is 15.9 Å². The molecule has 0 bridgehead atoms. The molecule has 1 unspecified atom stereocenters. The van der Waals surface area contributed by atoms with Crippen LogP contribution in [0, 0.1) is 0 Å². The summed E-state index contributed by atoms with van der Waals surface area (Å²) >= 11 is 3.53. The number of carboxylic acids is 1. The lowest BCUT2D eigenvalue weighted by Gasteiger charge is -2.21. The van der Waals surface area contributed by atoms with Crippen molar-refractivity contribution in [2.45, 2.75) is 25.6 Å². The van der Waals surface area contributed by atoms with Gasteiger partial charge in [0.15, 0.2) is 0 Å². The van der Waals surface area contributed by atoms with Crippen molar-refractivity contribution in [3.63, 3.8) is 0 Å². The van der Waals surface area contributed by atoms with Crippen LogP contribution in [0.15, 0.2) is 35.1 Å². The minimum absolute atomic E-state index is 0.467. The minimum Gasteiger partial charge on any atom is -0.480 e. The van der Waals surface area contributed by atoms with E-state index in [2.05, 4.69) is 26.2 Å². The molecule has 2 aromatic rings. The van der Waals surface area contributed by atoms with Crippen molar-refractivity contribution in [2.24, 2.45) is 0 Å². The molecule has 104 valence electrons. The zero-order chi connectivity index (χ0) is 14.1. The number of carbonyl (C=O) groups is 1. The Morgan fingerprint density at radius 1 is 1.50 bits per heavy atom. The molecule has 0 amide bonds. The first kappa shape index (κ1) is 13.3. The molecule has 5 nitrogen and oxygen atoms in total. The Morgan fingerprint density at radius 3 is 3.05 bits per heavy atom. The summed E-state index contributed by atoms with van der Waals surface area (Å²) in [4.78, 5) is 15.5. The van der Waals surface area contributed by atoms with Gasteiger partial charge < -0.3 is 9.67 Å². The van der Waals surface area contributed by atoms with Crippen molar-refractivity contribution in [3.05, 3.63) is 52.0 Å². The summed E-state index contributed by atoms with van der Waals surface area (Å²) in [7, 11) is 0. The monoisotopic (exact) mass is 335 g/mol. The summed E-state index contributed by atoms with van der Waals surface area (Å²) in [6.07, 6.45) is 2.26. The summed E-state index contributed by atoms with van der Waals surface area (Å²) in [5.41, 5.74) is 3.10. The molecular weight excluding hydrogens is 322 g/mol. The van der Waals surface area contributed by atoms with E-state index < -0.39 is 12.0 Å². The van der Waals surface area contributed by atoms with Gasteiger partial charge in [-0.05, 0) is 11.6 Å². The number of hydrogen-bond acceptors (Lipinski definition) is 3. The molecule has 0 fully saturated rings. The molecule has 0 saturated heterocycles. The highest BCUT2D eigenvalue weighted by molar-refractivity contribution is 9.10. The summed E-state index contributed by atoms with van der Waals surface area (Å²) < 4.78 is 3.08. The normalized spacial score (nSPS) is 17.8. The standard InChI is InChI=1S/C14H14BrN3O2/c15-10-4-2-1-3-9(10)7-18-8-17-12-6-16-11(14(19)20)5-13(12)18/h1-4,8,11,16H,5-7H2,(H,19,20). The highest BCUT2D eigenvalue weighted by Crippen LogP contribution is 2.21. The van der Waals surface area contributed by atoms with E-state index in [0.717, 1.165) is 21.4 Å². The molecule has 3 rings (SSSR count). The maximum atomic E-state index is 11.1. The average molecular weight is 336 g/mol. The lowest BCUT2D eigenvalue weighted by molar-refractivity contribution is -0.139. The van der Waals surface area contributed by atoms with Gasteiger partial charge in [0.25, 0.3) is 0 Å². The molecule has 0 spiro atoms. The lowest BCUT2D eigenvalue weighted by Crippen LogP contribution is -2.42. The molecule has 0 saturated carbocycles. The van der Waals surface area contributed by atoms with Gasteiger partial charge in [-0.2, -0.15) is 0 Å². The van der Waals surface area contributed by atoms with Gasteiger partial charge in [0.05, 0.1) is 12.0 Å². The first-order chi connectivity index (χ1) is 9.65. The fourth-order valence-electron chi connectivity index (χ4n) is 2.44. The van der Waals surface area contributed by atoms with Crippen LogP contribution in [0.1, 0.15) is 17.0 Å². The van der Waals surface area contributed by atoms with Crippen LogP contribution in [-0.4, -0.2) is 26.7 Å². The first-order valence-electron chi connectivity index (χ1n) is 6.37. The number of nitrogens with one attached hydrogen (secondary N) is 1. The van der Waals surface area contributed by atoms with Gasteiger partial charge in [-0.1, -0.05) is 34.1 Å². The molecule has 2 heterocycles. The zero-order valence-electron chi connectivity index (χ0n) is 10.7. The molecule has 2 N–H and O–H groups in total. The van der Waals surface area contributed by atoms with E-state index in [1.165, 1.54) is 0 Å². The molecular formula is C14H14BrN3O2. The van der Waals surface area contributed by atoms with E-state index in [4.69, 9.17) is 5.11 Å². The average Bonchev–Trinajstić information content (AvgIpc) is 2.84. The second kappa shape index (κ2) is 5.38. The Hall–Kier alpha value is -1.66. The smallest absolute Gasteiger partial charge is 0.321 e. The Labute approximate surface area is 124 Å². The summed E-state index contributed by atoms with van der Waals surface area (Å²) in [5, 5.41) is 12.1. The molecule has 1 atom stereocenters. The highest BCUT2D eigenvalue weighted by Gasteiger charge is 2.27. The van der Waals surface area contributed by atoms with Crippen LogP contribution in [0.25, 0.3) is 0 Å². The summed E-state index contributed by atoms with van der Waals surface area (Å²) in [6, 6.07) is 7.48. The summed E-state index contributed by atoms with van der Waals surface area (Å²) in [6.45, 7) is 1.20. The first-order valence-corrected chi connectivity index (χ1v) is 7.17. The van der Waals surface area contributed by atoms with E-state index in [9.17, 15) is 4.79 Å². The number of aliphatic carboxylic acids is 1. The Kier molecular flexibility index (Phi) is 3.58. The van der Waals surface area contributed by atoms with Gasteiger partial charge in [-0.15, -0.1) is 0 Å². The van der Waals surface area contributed by atoms with Crippen LogP contribution in [0.5, 0.6) is 0 Å². The SMILES string of the molecule is O=C(O)C1Cc2c(ncn2Cc2ccccc2Br)CN1. The Bertz CT molecular complexity index is 654. The number of halogens is 1. The number of fused-ring (bicyclic) bond motifs is 1. The van der Waals surface area contributed by atoms with E-state index in [-0.39, 0.29) is 0 Å². The molecule has 1 aliphatic rings. The number of nitrogens with zero attached hydrogens (tertiary/aromatic N) is 2. The largest absolute Gasteiger partial charge is 0.480 e. The van der Waals surface area contributed by atoms with Crippen LogP contribution in [0.3, 0.4) is 0 Å². The third-order valence-electron chi connectivity index (χ3n) is 3.54. The number of aromatic nitrogens is 2. The predicted molar refractivity (Wildman–Crippen MR) is 77.4 cm³/mol. The second-order valence-corrected chi connectivity index (χ2v) is 5.69. The van der Waals surface area contributed by atoms with Crippen LogP contribution < -0.4 is 5.32 Å². The molecule has 0 radical (unpaired) electrons. The van der Waals surface area contributed by atoms with Gasteiger partial charge in [-0.3, -0.25) is 10.1 Å². The second-order valence-electron chi connectivity index (χ2n) is 4.83. The van der Waals surface area contributed by atoms with E-state index in [1.54, 1.807) is 6.33 Å². The molecule has 1 aromatic heterocycles. The number of rotatable bonds is 3. The Morgan fingerprint density at radius 2 is 2.30 bits per heavy atom. The highest BCUT2D eigenvalue weighted by atomic mass is 79.9. The molecule has 20 heavy (non-hydrogen) atoms.